The molecule has 6 heteroatoms. The van der Waals surface area contributed by atoms with Crippen molar-refractivity contribution in [2.24, 2.45) is 0 Å². The largest absolute Gasteiger partial charge is 0.494 e. The van der Waals surface area contributed by atoms with Gasteiger partial charge in [0.25, 0.3) is 0 Å². The molecule has 1 unspecified atom stereocenters. The normalized spacial score (nSPS) is 21.4. The number of carboxylic acid groups (broad SMARTS) is 1. The lowest BCUT2D eigenvalue weighted by Crippen LogP contribution is -2.51. The summed E-state index contributed by atoms with van der Waals surface area (Å²) in [7, 11) is 0. The Hall–Kier alpha value is -2.08. The first kappa shape index (κ1) is 16.3. The summed E-state index contributed by atoms with van der Waals surface area (Å²) in [5.74, 6) is -0.310. The molecular formula is C16H21NO5. The lowest BCUT2D eigenvalue weighted by molar-refractivity contribution is -0.166. The first-order valence-electron chi connectivity index (χ1n) is 7.40. The van der Waals surface area contributed by atoms with E-state index in [-0.39, 0.29) is 18.6 Å². The van der Waals surface area contributed by atoms with Gasteiger partial charge in [-0.1, -0.05) is 18.2 Å². The maximum atomic E-state index is 12.1. The SMILES string of the molecule is C[C@@H]1CN(C(=O)CCCOc2ccccc2)CC(C(=O)O)O1. The molecule has 120 valence electrons. The summed E-state index contributed by atoms with van der Waals surface area (Å²) < 4.78 is 10.8. The number of rotatable bonds is 6. The highest BCUT2D eigenvalue weighted by molar-refractivity contribution is 5.78. The maximum absolute atomic E-state index is 12.1. The van der Waals surface area contributed by atoms with Crippen LogP contribution in [0.4, 0.5) is 0 Å². The average Bonchev–Trinajstić information content (AvgIpc) is 2.51. The molecule has 6 nitrogen and oxygen atoms in total. The molecule has 1 N–H and O–H groups in total. The second kappa shape index (κ2) is 7.79. The number of para-hydroxylation sites is 1. The lowest BCUT2D eigenvalue weighted by atomic mass is 10.2. The van der Waals surface area contributed by atoms with E-state index < -0.39 is 12.1 Å². The maximum Gasteiger partial charge on any atom is 0.334 e. The first-order valence-corrected chi connectivity index (χ1v) is 7.40. The highest BCUT2D eigenvalue weighted by atomic mass is 16.5. The number of hydrogen-bond acceptors (Lipinski definition) is 4. The molecule has 1 saturated heterocycles. The van der Waals surface area contributed by atoms with E-state index in [9.17, 15) is 9.59 Å². The van der Waals surface area contributed by atoms with Crippen molar-refractivity contribution in [1.29, 1.82) is 0 Å². The number of morpholine rings is 1. The zero-order chi connectivity index (χ0) is 15.9. The van der Waals surface area contributed by atoms with Gasteiger partial charge in [-0.3, -0.25) is 4.79 Å². The molecule has 0 aliphatic carbocycles. The van der Waals surface area contributed by atoms with Crippen LogP contribution in [0.2, 0.25) is 0 Å². The highest BCUT2D eigenvalue weighted by Crippen LogP contribution is 2.14. The molecule has 0 radical (unpaired) electrons. The molecule has 0 spiro atoms. The third-order valence-corrected chi connectivity index (χ3v) is 3.44. The Bertz CT molecular complexity index is 505. The van der Waals surface area contributed by atoms with Gasteiger partial charge in [0.2, 0.25) is 5.91 Å². The Balaban J connectivity index is 1.73. The van der Waals surface area contributed by atoms with Crippen molar-refractivity contribution in [2.45, 2.75) is 32.0 Å². The molecule has 1 amide bonds. The minimum Gasteiger partial charge on any atom is -0.494 e. The number of benzene rings is 1. The van der Waals surface area contributed by atoms with Crippen LogP contribution in [-0.2, 0) is 14.3 Å². The summed E-state index contributed by atoms with van der Waals surface area (Å²) in [5.41, 5.74) is 0. The molecule has 1 aliphatic rings. The van der Waals surface area contributed by atoms with Crippen LogP contribution in [0.5, 0.6) is 5.75 Å². The van der Waals surface area contributed by atoms with Crippen LogP contribution in [-0.4, -0.2) is 53.8 Å². The molecule has 1 fully saturated rings. The van der Waals surface area contributed by atoms with Gasteiger partial charge < -0.3 is 19.5 Å². The molecule has 1 heterocycles. The molecule has 2 atom stereocenters. The van der Waals surface area contributed by atoms with Gasteiger partial charge in [0.05, 0.1) is 19.3 Å². The van der Waals surface area contributed by atoms with Crippen molar-refractivity contribution >= 4 is 11.9 Å². The smallest absolute Gasteiger partial charge is 0.334 e. The number of amides is 1. The van der Waals surface area contributed by atoms with Crippen LogP contribution in [0, 0.1) is 0 Å². The standard InChI is InChI=1S/C16H21NO5/c1-12-10-17(11-14(22-12)16(19)20)15(18)8-5-9-21-13-6-3-2-4-7-13/h2-4,6-7,12,14H,5,8-11H2,1H3,(H,19,20)/t12-,14?/m1/s1. The predicted molar refractivity (Wildman–Crippen MR) is 79.7 cm³/mol. The van der Waals surface area contributed by atoms with Gasteiger partial charge in [0.15, 0.2) is 6.10 Å². The Morgan fingerprint density at radius 1 is 1.32 bits per heavy atom. The number of carbonyl (C=O) groups is 2. The number of ether oxygens (including phenoxy) is 2. The third kappa shape index (κ3) is 4.73. The monoisotopic (exact) mass is 307 g/mol. The van der Waals surface area contributed by atoms with Gasteiger partial charge in [-0.2, -0.15) is 0 Å². The van der Waals surface area contributed by atoms with E-state index in [2.05, 4.69) is 0 Å². The molecule has 22 heavy (non-hydrogen) atoms. The molecular weight excluding hydrogens is 286 g/mol. The zero-order valence-electron chi connectivity index (χ0n) is 12.6. The Kier molecular flexibility index (Phi) is 5.77. The van der Waals surface area contributed by atoms with E-state index in [1.54, 1.807) is 11.8 Å². The minimum atomic E-state index is -1.03. The summed E-state index contributed by atoms with van der Waals surface area (Å²) in [5, 5.41) is 9.01. The molecule has 2 rings (SSSR count). The number of carboxylic acids is 1. The predicted octanol–water partition coefficient (Wildman–Crippen LogP) is 1.55. The van der Waals surface area contributed by atoms with Crippen LogP contribution in [0.1, 0.15) is 19.8 Å². The van der Waals surface area contributed by atoms with Crippen molar-refractivity contribution in [3.8, 4) is 5.75 Å². The van der Waals surface area contributed by atoms with Crippen LogP contribution in [0.3, 0.4) is 0 Å². The molecule has 1 aromatic carbocycles. The van der Waals surface area contributed by atoms with Crippen molar-refractivity contribution in [1.82, 2.24) is 4.90 Å². The van der Waals surface area contributed by atoms with Crippen LogP contribution >= 0.6 is 0 Å². The van der Waals surface area contributed by atoms with E-state index >= 15 is 0 Å². The van der Waals surface area contributed by atoms with Gasteiger partial charge in [-0.15, -0.1) is 0 Å². The zero-order valence-corrected chi connectivity index (χ0v) is 12.6. The second-order valence-electron chi connectivity index (χ2n) is 5.34. The molecule has 0 saturated carbocycles. The Morgan fingerprint density at radius 3 is 2.73 bits per heavy atom. The first-order chi connectivity index (χ1) is 10.6. The van der Waals surface area contributed by atoms with Crippen molar-refractivity contribution < 1.29 is 24.2 Å². The number of aliphatic carboxylic acids is 1. The summed E-state index contributed by atoms with van der Waals surface area (Å²) in [4.78, 5) is 24.7. The second-order valence-corrected chi connectivity index (χ2v) is 5.34. The summed E-state index contributed by atoms with van der Waals surface area (Å²) in [6.07, 6.45) is -0.268. The Morgan fingerprint density at radius 2 is 2.05 bits per heavy atom. The molecule has 0 bridgehead atoms. The van der Waals surface area contributed by atoms with E-state index in [1.165, 1.54) is 0 Å². The van der Waals surface area contributed by atoms with Crippen LogP contribution in [0.15, 0.2) is 30.3 Å². The Labute approximate surface area is 129 Å². The van der Waals surface area contributed by atoms with E-state index in [0.29, 0.717) is 26.0 Å². The molecule has 0 aromatic heterocycles. The average molecular weight is 307 g/mol. The fourth-order valence-electron chi connectivity index (χ4n) is 2.38. The third-order valence-electron chi connectivity index (χ3n) is 3.44. The lowest BCUT2D eigenvalue weighted by Gasteiger charge is -2.35. The number of nitrogens with zero attached hydrogens (tertiary/aromatic N) is 1. The van der Waals surface area contributed by atoms with E-state index in [0.717, 1.165) is 5.75 Å². The van der Waals surface area contributed by atoms with E-state index in [4.69, 9.17) is 14.6 Å². The topological polar surface area (TPSA) is 76.1 Å². The van der Waals surface area contributed by atoms with Crippen molar-refractivity contribution in [3.63, 3.8) is 0 Å². The number of carbonyl (C=O) groups excluding carboxylic acids is 1. The van der Waals surface area contributed by atoms with Gasteiger partial charge in [0.1, 0.15) is 5.75 Å². The van der Waals surface area contributed by atoms with Gasteiger partial charge in [-0.25, -0.2) is 4.79 Å². The fraction of sp³-hybridized carbons (Fsp3) is 0.500. The minimum absolute atomic E-state index is 0.0574. The van der Waals surface area contributed by atoms with E-state index in [1.807, 2.05) is 30.3 Å². The highest BCUT2D eigenvalue weighted by Gasteiger charge is 2.32. The van der Waals surface area contributed by atoms with Crippen molar-refractivity contribution in [2.75, 3.05) is 19.7 Å². The van der Waals surface area contributed by atoms with Crippen LogP contribution < -0.4 is 4.74 Å². The molecule has 1 aromatic rings. The summed E-state index contributed by atoms with van der Waals surface area (Å²) in [6, 6.07) is 9.42. The van der Waals surface area contributed by atoms with Gasteiger partial charge in [-0.05, 0) is 25.5 Å². The number of hydrogen-bond donors (Lipinski definition) is 1. The molecule has 1 aliphatic heterocycles. The van der Waals surface area contributed by atoms with Crippen molar-refractivity contribution in [3.05, 3.63) is 30.3 Å². The van der Waals surface area contributed by atoms with Gasteiger partial charge >= 0.3 is 5.97 Å². The van der Waals surface area contributed by atoms with Crippen LogP contribution in [0.25, 0.3) is 0 Å². The fourth-order valence-corrected chi connectivity index (χ4v) is 2.38. The summed E-state index contributed by atoms with van der Waals surface area (Å²) >= 11 is 0. The van der Waals surface area contributed by atoms with Gasteiger partial charge in [0, 0.05) is 13.0 Å². The quantitative estimate of drug-likeness (QED) is 0.807. The summed E-state index contributed by atoms with van der Waals surface area (Å²) in [6.45, 7) is 2.77.